The van der Waals surface area contributed by atoms with Crippen LogP contribution in [0.5, 0.6) is 0 Å². The number of carbonyl (C=O) groups excluding carboxylic acids is 1. The summed E-state index contributed by atoms with van der Waals surface area (Å²) in [5, 5.41) is 0. The molecule has 1 amide bonds. The van der Waals surface area contributed by atoms with Crippen LogP contribution in [0.3, 0.4) is 0 Å². The van der Waals surface area contributed by atoms with Gasteiger partial charge in [-0.3, -0.25) is 9.69 Å². The molecule has 5 heteroatoms. The van der Waals surface area contributed by atoms with E-state index in [9.17, 15) is 4.79 Å². The molecule has 2 aliphatic rings. The van der Waals surface area contributed by atoms with Crippen LogP contribution in [0, 0.1) is 11.8 Å². The van der Waals surface area contributed by atoms with Crippen molar-refractivity contribution in [3.63, 3.8) is 0 Å². The Morgan fingerprint density at radius 2 is 1.90 bits per heavy atom. The van der Waals surface area contributed by atoms with Gasteiger partial charge in [-0.1, -0.05) is 6.92 Å². The summed E-state index contributed by atoms with van der Waals surface area (Å²) in [6.45, 7) is 8.92. The molecule has 2 fully saturated rings. The molecule has 2 heterocycles. The molecule has 2 aliphatic heterocycles. The van der Waals surface area contributed by atoms with E-state index >= 15 is 0 Å². The Labute approximate surface area is 129 Å². The average molecular weight is 304 g/mol. The van der Waals surface area contributed by atoms with Gasteiger partial charge in [-0.05, 0) is 57.5 Å². The maximum atomic E-state index is 12.3. The molecule has 0 aliphatic carbocycles. The van der Waals surface area contributed by atoms with Crippen molar-refractivity contribution in [2.45, 2.75) is 45.6 Å². The normalized spacial score (nSPS) is 26.9. The van der Waals surface area contributed by atoms with Crippen LogP contribution in [-0.2, 0) is 4.79 Å². The van der Waals surface area contributed by atoms with Crippen LogP contribution in [0.15, 0.2) is 0 Å². The molecular formula is C15H30ClN3O. The third-order valence-corrected chi connectivity index (χ3v) is 4.74. The molecule has 2 N–H and O–H groups in total. The van der Waals surface area contributed by atoms with Crippen molar-refractivity contribution < 1.29 is 4.79 Å². The van der Waals surface area contributed by atoms with Crippen LogP contribution in [0.2, 0.25) is 0 Å². The van der Waals surface area contributed by atoms with E-state index in [1.54, 1.807) is 0 Å². The largest absolute Gasteiger partial charge is 0.341 e. The van der Waals surface area contributed by atoms with Crippen LogP contribution < -0.4 is 5.73 Å². The molecular weight excluding hydrogens is 274 g/mol. The number of nitrogens with zero attached hydrogens (tertiary/aromatic N) is 2. The first-order valence-electron chi connectivity index (χ1n) is 7.82. The predicted molar refractivity (Wildman–Crippen MR) is 85.0 cm³/mol. The Bertz CT molecular complexity index is 303. The van der Waals surface area contributed by atoms with Gasteiger partial charge in [0.2, 0.25) is 5.91 Å². The second-order valence-electron chi connectivity index (χ2n) is 6.56. The standard InChI is InChI=1S/C15H29N3O.ClH/c1-12-4-3-7-18(10-12)15(19)11-17-8-5-14(6-9-17)13(2)16;/h12-14H,3-11,16H2,1-2H3;1H. The Hall–Kier alpha value is -0.320. The van der Waals surface area contributed by atoms with Crippen molar-refractivity contribution in [2.75, 3.05) is 32.7 Å². The maximum absolute atomic E-state index is 12.3. The van der Waals surface area contributed by atoms with Gasteiger partial charge in [0, 0.05) is 19.1 Å². The number of nitrogens with two attached hydrogens (primary N) is 1. The summed E-state index contributed by atoms with van der Waals surface area (Å²) in [6, 6.07) is 0.292. The van der Waals surface area contributed by atoms with E-state index in [2.05, 4.69) is 23.6 Å². The van der Waals surface area contributed by atoms with Gasteiger partial charge >= 0.3 is 0 Å². The fourth-order valence-corrected chi connectivity index (χ4v) is 3.34. The number of piperidine rings is 2. The molecule has 2 saturated heterocycles. The second kappa shape index (κ2) is 8.20. The Morgan fingerprint density at radius 1 is 1.25 bits per heavy atom. The highest BCUT2D eigenvalue weighted by molar-refractivity contribution is 5.85. The zero-order valence-corrected chi connectivity index (χ0v) is 13.7. The topological polar surface area (TPSA) is 49.6 Å². The monoisotopic (exact) mass is 303 g/mol. The molecule has 0 aromatic heterocycles. The van der Waals surface area contributed by atoms with Gasteiger partial charge in [-0.15, -0.1) is 12.4 Å². The van der Waals surface area contributed by atoms with Crippen LogP contribution in [-0.4, -0.2) is 54.5 Å². The van der Waals surface area contributed by atoms with E-state index in [1.807, 2.05) is 0 Å². The van der Waals surface area contributed by atoms with Gasteiger partial charge in [0.25, 0.3) is 0 Å². The highest BCUT2D eigenvalue weighted by Gasteiger charge is 2.26. The summed E-state index contributed by atoms with van der Waals surface area (Å²) in [6.07, 6.45) is 4.71. The molecule has 0 aromatic carbocycles. The van der Waals surface area contributed by atoms with Crippen molar-refractivity contribution in [1.82, 2.24) is 9.80 Å². The van der Waals surface area contributed by atoms with E-state index in [0.29, 0.717) is 30.3 Å². The van der Waals surface area contributed by atoms with Crippen LogP contribution >= 0.6 is 12.4 Å². The molecule has 118 valence electrons. The predicted octanol–water partition coefficient (Wildman–Crippen LogP) is 1.73. The summed E-state index contributed by atoms with van der Waals surface area (Å²) < 4.78 is 0. The summed E-state index contributed by atoms with van der Waals surface area (Å²) in [7, 11) is 0. The van der Waals surface area contributed by atoms with Crippen LogP contribution in [0.25, 0.3) is 0 Å². The van der Waals surface area contributed by atoms with E-state index in [4.69, 9.17) is 5.73 Å². The highest BCUT2D eigenvalue weighted by Crippen LogP contribution is 2.20. The van der Waals surface area contributed by atoms with E-state index in [1.165, 1.54) is 12.8 Å². The molecule has 2 atom stereocenters. The van der Waals surface area contributed by atoms with Crippen molar-refractivity contribution in [3.8, 4) is 0 Å². The minimum absolute atomic E-state index is 0. The van der Waals surface area contributed by atoms with Gasteiger partial charge in [0.05, 0.1) is 6.54 Å². The summed E-state index contributed by atoms with van der Waals surface area (Å²) >= 11 is 0. The first kappa shape index (κ1) is 17.7. The number of likely N-dealkylation sites (tertiary alicyclic amines) is 2. The highest BCUT2D eigenvalue weighted by atomic mass is 35.5. The van der Waals surface area contributed by atoms with Gasteiger partial charge in [0.1, 0.15) is 0 Å². The lowest BCUT2D eigenvalue weighted by molar-refractivity contribution is -0.134. The van der Waals surface area contributed by atoms with Crippen LogP contribution in [0.4, 0.5) is 0 Å². The van der Waals surface area contributed by atoms with Gasteiger partial charge in [-0.25, -0.2) is 0 Å². The molecule has 0 spiro atoms. The first-order chi connectivity index (χ1) is 9.06. The van der Waals surface area contributed by atoms with Crippen molar-refractivity contribution in [3.05, 3.63) is 0 Å². The Balaban J connectivity index is 0.00000200. The summed E-state index contributed by atoms with van der Waals surface area (Å²) in [4.78, 5) is 16.7. The molecule has 0 radical (unpaired) electrons. The van der Waals surface area contributed by atoms with E-state index in [0.717, 1.165) is 39.0 Å². The fourth-order valence-electron chi connectivity index (χ4n) is 3.34. The number of halogens is 1. The molecule has 4 nitrogen and oxygen atoms in total. The SMILES string of the molecule is CC1CCCN(C(=O)CN2CCC(C(C)N)CC2)C1.Cl. The third kappa shape index (κ3) is 4.90. The van der Waals surface area contributed by atoms with Crippen LogP contribution in [0.1, 0.15) is 39.5 Å². The summed E-state index contributed by atoms with van der Waals surface area (Å²) in [5.41, 5.74) is 5.95. The number of rotatable bonds is 3. The minimum Gasteiger partial charge on any atom is -0.341 e. The lowest BCUT2D eigenvalue weighted by Gasteiger charge is -2.36. The van der Waals surface area contributed by atoms with E-state index < -0.39 is 0 Å². The number of amides is 1. The minimum atomic E-state index is 0. The zero-order valence-electron chi connectivity index (χ0n) is 12.9. The fraction of sp³-hybridized carbons (Fsp3) is 0.933. The van der Waals surface area contributed by atoms with Crippen molar-refractivity contribution in [1.29, 1.82) is 0 Å². The Kier molecular flexibility index (Phi) is 7.27. The smallest absolute Gasteiger partial charge is 0.236 e. The molecule has 0 saturated carbocycles. The first-order valence-corrected chi connectivity index (χ1v) is 7.82. The zero-order chi connectivity index (χ0) is 13.8. The van der Waals surface area contributed by atoms with Gasteiger partial charge < -0.3 is 10.6 Å². The quantitative estimate of drug-likeness (QED) is 0.864. The maximum Gasteiger partial charge on any atom is 0.236 e. The molecule has 2 rings (SSSR count). The second-order valence-corrected chi connectivity index (χ2v) is 6.56. The number of hydrogen-bond donors (Lipinski definition) is 1. The van der Waals surface area contributed by atoms with Crippen molar-refractivity contribution in [2.24, 2.45) is 17.6 Å². The number of carbonyl (C=O) groups is 1. The Morgan fingerprint density at radius 3 is 2.45 bits per heavy atom. The number of hydrogen-bond acceptors (Lipinski definition) is 3. The van der Waals surface area contributed by atoms with Crippen molar-refractivity contribution >= 4 is 18.3 Å². The summed E-state index contributed by atoms with van der Waals surface area (Å²) in [5.74, 6) is 1.63. The third-order valence-electron chi connectivity index (χ3n) is 4.74. The molecule has 2 unspecified atom stereocenters. The average Bonchev–Trinajstić information content (AvgIpc) is 2.39. The lowest BCUT2D eigenvalue weighted by Crippen LogP contribution is -2.47. The molecule has 0 aromatic rings. The lowest BCUT2D eigenvalue weighted by atomic mass is 9.91. The molecule has 0 bridgehead atoms. The van der Waals surface area contributed by atoms with E-state index in [-0.39, 0.29) is 12.4 Å². The van der Waals surface area contributed by atoms with Gasteiger partial charge in [0.15, 0.2) is 0 Å². The van der Waals surface area contributed by atoms with Gasteiger partial charge in [-0.2, -0.15) is 0 Å². The molecule has 20 heavy (non-hydrogen) atoms.